The van der Waals surface area contributed by atoms with Crippen molar-refractivity contribution < 1.29 is 9.53 Å². The van der Waals surface area contributed by atoms with Crippen LogP contribution in [0.2, 0.25) is 0 Å². The summed E-state index contributed by atoms with van der Waals surface area (Å²) in [6.45, 7) is 2.37. The molecule has 0 saturated carbocycles. The molecule has 0 heterocycles. The lowest BCUT2D eigenvalue weighted by Crippen LogP contribution is -2.44. The van der Waals surface area contributed by atoms with Gasteiger partial charge in [0.15, 0.2) is 5.60 Å². The van der Waals surface area contributed by atoms with Crippen LogP contribution in [0.4, 0.5) is 0 Å². The molecule has 0 saturated heterocycles. The van der Waals surface area contributed by atoms with Gasteiger partial charge in [-0.2, -0.15) is 0 Å². The standard InChI is InChI=1S/C18H21NO2/c1-3-18(17(20)19-2,16-12-8-5-9-13-16)21-14-15-10-6-4-7-11-15/h4-13H,3,14H2,1-2H3,(H,19,20)/t18-/m1/s1. The van der Waals surface area contributed by atoms with E-state index in [1.54, 1.807) is 7.05 Å². The summed E-state index contributed by atoms with van der Waals surface area (Å²) in [7, 11) is 1.64. The van der Waals surface area contributed by atoms with Crippen molar-refractivity contribution in [2.24, 2.45) is 0 Å². The van der Waals surface area contributed by atoms with E-state index < -0.39 is 5.60 Å². The van der Waals surface area contributed by atoms with Crippen molar-refractivity contribution in [2.45, 2.75) is 25.6 Å². The lowest BCUT2D eigenvalue weighted by Gasteiger charge is -2.31. The summed E-state index contributed by atoms with van der Waals surface area (Å²) in [5.74, 6) is -0.118. The molecule has 0 fully saturated rings. The molecule has 0 aliphatic heterocycles. The maximum absolute atomic E-state index is 12.5. The smallest absolute Gasteiger partial charge is 0.256 e. The first-order valence-electron chi connectivity index (χ1n) is 7.18. The normalized spacial score (nSPS) is 13.4. The largest absolute Gasteiger partial charge is 0.356 e. The molecular weight excluding hydrogens is 262 g/mol. The molecule has 21 heavy (non-hydrogen) atoms. The van der Waals surface area contributed by atoms with Crippen LogP contribution in [-0.2, 0) is 21.7 Å². The summed E-state index contributed by atoms with van der Waals surface area (Å²) in [6.07, 6.45) is 0.573. The maximum atomic E-state index is 12.5. The molecule has 0 unspecified atom stereocenters. The van der Waals surface area contributed by atoms with Crippen LogP contribution in [0.25, 0.3) is 0 Å². The van der Waals surface area contributed by atoms with Crippen molar-refractivity contribution >= 4 is 5.91 Å². The fourth-order valence-electron chi connectivity index (χ4n) is 2.44. The van der Waals surface area contributed by atoms with E-state index in [1.165, 1.54) is 0 Å². The van der Waals surface area contributed by atoms with Gasteiger partial charge in [0.1, 0.15) is 0 Å². The highest BCUT2D eigenvalue weighted by molar-refractivity contribution is 5.86. The van der Waals surface area contributed by atoms with E-state index in [9.17, 15) is 4.79 Å². The Kier molecular flexibility index (Phi) is 5.12. The molecule has 1 amide bonds. The molecule has 3 nitrogen and oxygen atoms in total. The van der Waals surface area contributed by atoms with Gasteiger partial charge < -0.3 is 10.1 Å². The number of ether oxygens (including phenoxy) is 1. The minimum Gasteiger partial charge on any atom is -0.356 e. The number of hydrogen-bond acceptors (Lipinski definition) is 2. The molecule has 1 atom stereocenters. The number of benzene rings is 2. The summed E-state index contributed by atoms with van der Waals surface area (Å²) in [6, 6.07) is 19.5. The SMILES string of the molecule is CC[C@](OCc1ccccc1)(C(=O)NC)c1ccccc1. The third kappa shape index (κ3) is 3.31. The topological polar surface area (TPSA) is 38.3 Å². The Labute approximate surface area is 126 Å². The van der Waals surface area contributed by atoms with Gasteiger partial charge in [-0.05, 0) is 17.5 Å². The third-order valence-electron chi connectivity index (χ3n) is 3.66. The summed E-state index contributed by atoms with van der Waals surface area (Å²) in [4.78, 5) is 12.5. The van der Waals surface area contributed by atoms with Crippen LogP contribution in [-0.4, -0.2) is 13.0 Å². The van der Waals surface area contributed by atoms with Crippen LogP contribution in [0, 0.1) is 0 Å². The number of nitrogens with one attached hydrogen (secondary N) is 1. The van der Waals surface area contributed by atoms with Gasteiger partial charge >= 0.3 is 0 Å². The number of carbonyl (C=O) groups is 1. The van der Waals surface area contributed by atoms with Gasteiger partial charge in [-0.3, -0.25) is 4.79 Å². The van der Waals surface area contributed by atoms with Crippen LogP contribution in [0.3, 0.4) is 0 Å². The van der Waals surface area contributed by atoms with Gasteiger partial charge in [-0.25, -0.2) is 0 Å². The Morgan fingerprint density at radius 3 is 2.14 bits per heavy atom. The molecule has 2 rings (SSSR count). The van der Waals surface area contributed by atoms with E-state index in [0.717, 1.165) is 11.1 Å². The fourth-order valence-corrected chi connectivity index (χ4v) is 2.44. The van der Waals surface area contributed by atoms with E-state index in [0.29, 0.717) is 13.0 Å². The van der Waals surface area contributed by atoms with Gasteiger partial charge in [0.2, 0.25) is 0 Å². The van der Waals surface area contributed by atoms with Gasteiger partial charge in [-0.1, -0.05) is 67.6 Å². The first-order valence-corrected chi connectivity index (χ1v) is 7.18. The van der Waals surface area contributed by atoms with Crippen molar-refractivity contribution in [3.05, 3.63) is 71.8 Å². The van der Waals surface area contributed by atoms with E-state index >= 15 is 0 Å². The first kappa shape index (κ1) is 15.3. The van der Waals surface area contributed by atoms with Crippen molar-refractivity contribution in [1.82, 2.24) is 5.32 Å². The van der Waals surface area contributed by atoms with Crippen molar-refractivity contribution in [3.8, 4) is 0 Å². The van der Waals surface area contributed by atoms with Gasteiger partial charge in [0, 0.05) is 7.05 Å². The highest BCUT2D eigenvalue weighted by Gasteiger charge is 2.39. The van der Waals surface area contributed by atoms with Crippen LogP contribution < -0.4 is 5.32 Å². The highest BCUT2D eigenvalue weighted by Crippen LogP contribution is 2.31. The fraction of sp³-hybridized carbons (Fsp3) is 0.278. The molecule has 2 aromatic carbocycles. The monoisotopic (exact) mass is 283 g/mol. The van der Waals surface area contributed by atoms with Crippen molar-refractivity contribution in [2.75, 3.05) is 7.05 Å². The number of rotatable bonds is 6. The zero-order valence-electron chi connectivity index (χ0n) is 12.5. The lowest BCUT2D eigenvalue weighted by molar-refractivity contribution is -0.151. The first-order chi connectivity index (χ1) is 10.2. The second kappa shape index (κ2) is 7.04. The molecule has 0 spiro atoms. The van der Waals surface area contributed by atoms with E-state index in [1.807, 2.05) is 67.6 Å². The van der Waals surface area contributed by atoms with E-state index in [2.05, 4.69) is 5.32 Å². The number of carbonyl (C=O) groups excluding carboxylic acids is 1. The molecule has 0 radical (unpaired) electrons. The molecule has 2 aromatic rings. The van der Waals surface area contributed by atoms with E-state index in [-0.39, 0.29) is 5.91 Å². The molecule has 0 aliphatic carbocycles. The molecule has 0 aliphatic rings. The maximum Gasteiger partial charge on any atom is 0.256 e. The highest BCUT2D eigenvalue weighted by atomic mass is 16.5. The lowest BCUT2D eigenvalue weighted by atomic mass is 9.89. The summed E-state index contributed by atoms with van der Waals surface area (Å²) >= 11 is 0. The van der Waals surface area contributed by atoms with Gasteiger partial charge in [0.05, 0.1) is 6.61 Å². The Balaban J connectivity index is 2.30. The van der Waals surface area contributed by atoms with Crippen LogP contribution in [0.15, 0.2) is 60.7 Å². The molecule has 0 bridgehead atoms. The van der Waals surface area contributed by atoms with Gasteiger partial charge in [-0.15, -0.1) is 0 Å². The Morgan fingerprint density at radius 2 is 1.62 bits per heavy atom. The third-order valence-corrected chi connectivity index (χ3v) is 3.66. The van der Waals surface area contributed by atoms with Crippen LogP contribution >= 0.6 is 0 Å². The number of likely N-dealkylation sites (N-methyl/N-ethyl adjacent to an activating group) is 1. The average molecular weight is 283 g/mol. The number of hydrogen-bond donors (Lipinski definition) is 1. The van der Waals surface area contributed by atoms with Crippen molar-refractivity contribution in [3.63, 3.8) is 0 Å². The predicted octanol–water partition coefficient (Wildman–Crippen LogP) is 3.25. The van der Waals surface area contributed by atoms with Crippen LogP contribution in [0.5, 0.6) is 0 Å². The minimum absolute atomic E-state index is 0.118. The second-order valence-corrected chi connectivity index (χ2v) is 4.90. The molecular formula is C18H21NO2. The second-order valence-electron chi connectivity index (χ2n) is 4.90. The predicted molar refractivity (Wildman–Crippen MR) is 83.7 cm³/mol. The summed E-state index contributed by atoms with van der Waals surface area (Å²) in [5, 5.41) is 2.73. The Hall–Kier alpha value is -2.13. The average Bonchev–Trinajstić information content (AvgIpc) is 2.57. The van der Waals surface area contributed by atoms with Crippen LogP contribution in [0.1, 0.15) is 24.5 Å². The Morgan fingerprint density at radius 1 is 1.05 bits per heavy atom. The zero-order chi connectivity index (χ0) is 15.1. The van der Waals surface area contributed by atoms with Gasteiger partial charge in [0.25, 0.3) is 5.91 Å². The molecule has 1 N–H and O–H groups in total. The van der Waals surface area contributed by atoms with Crippen molar-refractivity contribution in [1.29, 1.82) is 0 Å². The summed E-state index contributed by atoms with van der Waals surface area (Å²) in [5.41, 5.74) is 0.976. The minimum atomic E-state index is -0.953. The molecule has 110 valence electrons. The molecule has 0 aromatic heterocycles. The van der Waals surface area contributed by atoms with E-state index in [4.69, 9.17) is 4.74 Å². The Bertz CT molecular complexity index is 568. The molecule has 3 heteroatoms. The zero-order valence-corrected chi connectivity index (χ0v) is 12.5. The quantitative estimate of drug-likeness (QED) is 0.883. The number of amides is 1. The summed E-state index contributed by atoms with van der Waals surface area (Å²) < 4.78 is 6.09.